The molecule has 0 aliphatic carbocycles. The Morgan fingerprint density at radius 2 is 2.00 bits per heavy atom. The molecule has 4 heteroatoms. The van der Waals surface area contributed by atoms with Crippen molar-refractivity contribution in [2.24, 2.45) is 0 Å². The van der Waals surface area contributed by atoms with Crippen molar-refractivity contribution >= 4 is 26.8 Å². The lowest BCUT2D eigenvalue weighted by Crippen LogP contribution is -1.98. The first-order valence-corrected chi connectivity index (χ1v) is 7.52. The van der Waals surface area contributed by atoms with Crippen LogP contribution in [0.5, 0.6) is 5.75 Å². The summed E-state index contributed by atoms with van der Waals surface area (Å²) in [7, 11) is 1.66. The van der Waals surface area contributed by atoms with Crippen molar-refractivity contribution < 1.29 is 9.84 Å². The van der Waals surface area contributed by atoms with Crippen LogP contribution < -0.4 is 4.74 Å². The highest BCUT2D eigenvalue weighted by molar-refractivity contribution is 9.10. The molecule has 2 aromatic carbocycles. The van der Waals surface area contributed by atoms with Crippen LogP contribution >= 0.6 is 15.9 Å². The highest BCUT2D eigenvalue weighted by atomic mass is 79.9. The van der Waals surface area contributed by atoms with E-state index in [1.807, 2.05) is 30.5 Å². The van der Waals surface area contributed by atoms with E-state index in [0.717, 1.165) is 33.2 Å². The molecular weight excluding hydrogens is 330 g/mol. The van der Waals surface area contributed by atoms with Gasteiger partial charge in [0, 0.05) is 29.2 Å². The summed E-state index contributed by atoms with van der Waals surface area (Å²) in [5, 5.41) is 10.6. The van der Waals surface area contributed by atoms with Crippen molar-refractivity contribution in [3.05, 3.63) is 64.3 Å². The van der Waals surface area contributed by atoms with Crippen LogP contribution in [-0.2, 0) is 13.2 Å². The Labute approximate surface area is 131 Å². The number of para-hydroxylation sites is 1. The number of halogens is 1. The van der Waals surface area contributed by atoms with Crippen molar-refractivity contribution in [3.63, 3.8) is 0 Å². The van der Waals surface area contributed by atoms with Crippen LogP contribution in [0.3, 0.4) is 0 Å². The van der Waals surface area contributed by atoms with Gasteiger partial charge in [-0.3, -0.25) is 0 Å². The predicted octanol–water partition coefficient (Wildman–Crippen LogP) is 3.95. The van der Waals surface area contributed by atoms with Gasteiger partial charge in [0.15, 0.2) is 0 Å². The zero-order valence-corrected chi connectivity index (χ0v) is 13.3. The highest BCUT2D eigenvalue weighted by Crippen LogP contribution is 2.27. The summed E-state index contributed by atoms with van der Waals surface area (Å²) in [6.45, 7) is 0.808. The van der Waals surface area contributed by atoms with E-state index in [-0.39, 0.29) is 6.61 Å². The summed E-state index contributed by atoms with van der Waals surface area (Å²) in [5.74, 6) is 0.826. The molecule has 0 atom stereocenters. The number of fused-ring (bicyclic) bond motifs is 1. The van der Waals surface area contributed by atoms with Gasteiger partial charge in [0.1, 0.15) is 5.75 Å². The van der Waals surface area contributed by atoms with Crippen LogP contribution in [0, 0.1) is 0 Å². The predicted molar refractivity (Wildman–Crippen MR) is 87.7 cm³/mol. The largest absolute Gasteiger partial charge is 0.496 e. The van der Waals surface area contributed by atoms with Crippen LogP contribution in [0.1, 0.15) is 11.1 Å². The number of rotatable bonds is 4. The Bertz CT molecular complexity index is 780. The van der Waals surface area contributed by atoms with Crippen molar-refractivity contribution in [1.29, 1.82) is 0 Å². The molecule has 0 bridgehead atoms. The molecule has 0 unspecified atom stereocenters. The second-order valence-electron chi connectivity index (χ2n) is 4.93. The molecule has 1 N–H and O–H groups in total. The molecule has 0 saturated heterocycles. The van der Waals surface area contributed by atoms with E-state index in [1.165, 1.54) is 5.56 Å². The van der Waals surface area contributed by atoms with Crippen LogP contribution in [0.4, 0.5) is 0 Å². The van der Waals surface area contributed by atoms with Gasteiger partial charge >= 0.3 is 0 Å². The topological polar surface area (TPSA) is 34.4 Å². The molecule has 0 radical (unpaired) electrons. The number of hydrogen-bond donors (Lipinski definition) is 1. The smallest absolute Gasteiger partial charge is 0.133 e. The summed E-state index contributed by atoms with van der Waals surface area (Å²) in [6, 6.07) is 14.2. The number of hydrogen-bond acceptors (Lipinski definition) is 2. The molecule has 108 valence electrons. The minimum atomic E-state index is 0.0554. The van der Waals surface area contributed by atoms with Crippen molar-refractivity contribution in [2.75, 3.05) is 7.11 Å². The van der Waals surface area contributed by atoms with E-state index in [4.69, 9.17) is 4.74 Å². The van der Waals surface area contributed by atoms with Crippen LogP contribution in [0.15, 0.2) is 53.1 Å². The Morgan fingerprint density at radius 1 is 1.19 bits per heavy atom. The Balaban J connectivity index is 2.00. The third-order valence-electron chi connectivity index (χ3n) is 3.61. The van der Waals surface area contributed by atoms with Crippen LogP contribution in [0.2, 0.25) is 0 Å². The molecule has 3 aromatic rings. The molecule has 1 heterocycles. The third kappa shape index (κ3) is 2.69. The summed E-state index contributed by atoms with van der Waals surface area (Å²) < 4.78 is 8.36. The molecular formula is C17H16BrNO2. The van der Waals surface area contributed by atoms with Gasteiger partial charge in [-0.25, -0.2) is 0 Å². The van der Waals surface area contributed by atoms with Crippen LogP contribution in [-0.4, -0.2) is 16.8 Å². The average molecular weight is 346 g/mol. The molecule has 0 spiro atoms. The highest BCUT2D eigenvalue weighted by Gasteiger charge is 2.08. The summed E-state index contributed by atoms with van der Waals surface area (Å²) >= 11 is 3.52. The van der Waals surface area contributed by atoms with Gasteiger partial charge in [-0.15, -0.1) is 0 Å². The van der Waals surface area contributed by atoms with E-state index in [9.17, 15) is 5.11 Å². The maximum absolute atomic E-state index is 9.49. The van der Waals surface area contributed by atoms with Gasteiger partial charge in [0.25, 0.3) is 0 Å². The molecule has 1 aromatic heterocycles. The molecule has 0 amide bonds. The number of nitrogens with zero attached hydrogens (tertiary/aromatic N) is 1. The fourth-order valence-corrected chi connectivity index (χ4v) is 3.17. The fourth-order valence-electron chi connectivity index (χ4n) is 2.58. The number of ether oxygens (including phenoxy) is 1. The second kappa shape index (κ2) is 5.92. The van der Waals surface area contributed by atoms with Gasteiger partial charge < -0.3 is 14.4 Å². The van der Waals surface area contributed by atoms with Crippen LogP contribution in [0.25, 0.3) is 10.9 Å². The van der Waals surface area contributed by atoms with Crippen molar-refractivity contribution in [3.8, 4) is 5.75 Å². The molecule has 3 rings (SSSR count). The number of benzene rings is 2. The van der Waals surface area contributed by atoms with E-state index >= 15 is 0 Å². The zero-order chi connectivity index (χ0) is 14.8. The summed E-state index contributed by atoms with van der Waals surface area (Å²) in [6.07, 6.45) is 2.02. The Morgan fingerprint density at radius 3 is 2.71 bits per heavy atom. The number of aliphatic hydroxyl groups excluding tert-OH is 1. The number of aliphatic hydroxyl groups is 1. The summed E-state index contributed by atoms with van der Waals surface area (Å²) in [4.78, 5) is 0. The van der Waals surface area contributed by atoms with Gasteiger partial charge in [0.2, 0.25) is 0 Å². The molecule has 0 fully saturated rings. The second-order valence-corrected chi connectivity index (χ2v) is 5.78. The molecule has 0 aliphatic heterocycles. The van der Waals surface area contributed by atoms with Gasteiger partial charge in [-0.2, -0.15) is 0 Å². The SMILES string of the molecule is COc1ccc(Cn2cc(CO)c3ccccc32)cc1Br. The molecule has 0 saturated carbocycles. The summed E-state index contributed by atoms with van der Waals surface area (Å²) in [5.41, 5.74) is 3.26. The molecule has 0 aliphatic rings. The first kappa shape index (κ1) is 14.2. The average Bonchev–Trinajstić information content (AvgIpc) is 2.86. The third-order valence-corrected chi connectivity index (χ3v) is 4.23. The van der Waals surface area contributed by atoms with Crippen molar-refractivity contribution in [2.45, 2.75) is 13.2 Å². The zero-order valence-electron chi connectivity index (χ0n) is 11.7. The number of methoxy groups -OCH3 is 1. The molecule has 3 nitrogen and oxygen atoms in total. The quantitative estimate of drug-likeness (QED) is 0.776. The Kier molecular flexibility index (Phi) is 3.99. The number of aromatic nitrogens is 1. The lowest BCUT2D eigenvalue weighted by molar-refractivity contribution is 0.283. The first-order valence-electron chi connectivity index (χ1n) is 6.73. The fraction of sp³-hybridized carbons (Fsp3) is 0.176. The minimum absolute atomic E-state index is 0.0554. The maximum atomic E-state index is 9.49. The maximum Gasteiger partial charge on any atom is 0.133 e. The van der Waals surface area contributed by atoms with Gasteiger partial charge in [-0.1, -0.05) is 24.3 Å². The first-order chi connectivity index (χ1) is 10.2. The van der Waals surface area contributed by atoms with Gasteiger partial charge in [0.05, 0.1) is 18.2 Å². The van der Waals surface area contributed by atoms with E-state index in [1.54, 1.807) is 7.11 Å². The Hall–Kier alpha value is -1.78. The lowest BCUT2D eigenvalue weighted by Gasteiger charge is -2.08. The standard InChI is InChI=1S/C17H16BrNO2/c1-21-17-7-6-12(8-15(17)18)9-19-10-13(11-20)14-4-2-3-5-16(14)19/h2-8,10,20H,9,11H2,1H3. The van der Waals surface area contributed by atoms with E-state index in [0.29, 0.717) is 0 Å². The normalized spacial score (nSPS) is 11.0. The van der Waals surface area contributed by atoms with Crippen molar-refractivity contribution in [1.82, 2.24) is 4.57 Å². The van der Waals surface area contributed by atoms with Gasteiger partial charge in [-0.05, 0) is 39.7 Å². The lowest BCUT2D eigenvalue weighted by atomic mass is 10.2. The minimum Gasteiger partial charge on any atom is -0.496 e. The van der Waals surface area contributed by atoms with E-state index < -0.39 is 0 Å². The molecule has 21 heavy (non-hydrogen) atoms. The van der Waals surface area contributed by atoms with E-state index in [2.05, 4.69) is 38.7 Å². The monoisotopic (exact) mass is 345 g/mol.